The van der Waals surface area contributed by atoms with Crippen molar-refractivity contribution in [2.24, 2.45) is 0 Å². The molecule has 216 valence electrons. The van der Waals surface area contributed by atoms with Crippen molar-refractivity contribution in [2.45, 2.75) is 25.7 Å². The number of ether oxygens (including phenoxy) is 2. The predicted molar refractivity (Wildman–Crippen MR) is 147 cm³/mol. The van der Waals surface area contributed by atoms with Gasteiger partial charge in [-0.1, -0.05) is 12.1 Å². The Morgan fingerprint density at radius 3 is 2.37 bits per heavy atom. The number of methoxy groups -OCH3 is 2. The summed E-state index contributed by atoms with van der Waals surface area (Å²) in [4.78, 5) is 51.6. The minimum atomic E-state index is -4.60. The van der Waals surface area contributed by atoms with E-state index < -0.39 is 47.9 Å². The van der Waals surface area contributed by atoms with E-state index in [1.165, 1.54) is 26.4 Å². The third kappa shape index (κ3) is 6.77. The molecule has 4 aromatic rings. The summed E-state index contributed by atoms with van der Waals surface area (Å²) in [7, 11) is 3.03. The average molecular weight is 591 g/mol. The first-order valence-corrected chi connectivity index (χ1v) is 13.1. The smallest absolute Gasteiger partial charge is 0.416 e. The predicted octanol–water partition coefficient (Wildman–Crippen LogP) is 3.26. The molecule has 2 aromatic heterocycles. The van der Waals surface area contributed by atoms with Crippen LogP contribution in [0.1, 0.15) is 11.1 Å². The molecule has 0 aliphatic heterocycles. The number of amides is 2. The van der Waals surface area contributed by atoms with Gasteiger partial charge in [0.1, 0.15) is 17.8 Å². The maximum atomic E-state index is 13.2. The Kier molecular flexibility index (Phi) is 8.81. The first kappa shape index (κ1) is 29.4. The highest BCUT2D eigenvalue weighted by Gasteiger charge is 2.30. The molecule has 0 saturated heterocycles. The van der Waals surface area contributed by atoms with Crippen molar-refractivity contribution >= 4 is 39.1 Å². The van der Waals surface area contributed by atoms with Crippen molar-refractivity contribution in [3.63, 3.8) is 0 Å². The van der Waals surface area contributed by atoms with Crippen LogP contribution in [0, 0.1) is 0 Å². The van der Waals surface area contributed by atoms with Crippen molar-refractivity contribution < 1.29 is 32.2 Å². The van der Waals surface area contributed by atoms with E-state index in [4.69, 9.17) is 9.47 Å². The van der Waals surface area contributed by atoms with E-state index in [0.717, 1.165) is 44.2 Å². The number of fused-ring (bicyclic) bond motifs is 1. The zero-order valence-electron chi connectivity index (χ0n) is 21.9. The van der Waals surface area contributed by atoms with E-state index in [1.807, 2.05) is 6.07 Å². The average Bonchev–Trinajstić information content (AvgIpc) is 3.43. The molecular formula is C27H25F3N4O6S. The van der Waals surface area contributed by atoms with Crippen LogP contribution in [0.25, 0.3) is 10.2 Å². The van der Waals surface area contributed by atoms with Crippen LogP contribution >= 0.6 is 11.3 Å². The van der Waals surface area contributed by atoms with Crippen LogP contribution in [-0.4, -0.2) is 41.7 Å². The number of carbonyl (C=O) groups excluding carboxylic acids is 2. The monoisotopic (exact) mass is 590 g/mol. The molecule has 2 aromatic carbocycles. The molecule has 41 heavy (non-hydrogen) atoms. The van der Waals surface area contributed by atoms with Gasteiger partial charge in [0.15, 0.2) is 11.5 Å². The number of carbonyl (C=O) groups is 2. The number of alkyl halides is 3. The Balaban J connectivity index is 1.48. The Morgan fingerprint density at radius 1 is 0.927 bits per heavy atom. The number of halogens is 3. The highest BCUT2D eigenvalue weighted by atomic mass is 32.1. The number of aromatic nitrogens is 2. The van der Waals surface area contributed by atoms with Gasteiger partial charge in [-0.05, 0) is 53.8 Å². The summed E-state index contributed by atoms with van der Waals surface area (Å²) >= 11 is 1.03. The molecule has 0 saturated carbocycles. The van der Waals surface area contributed by atoms with E-state index in [-0.39, 0.29) is 22.4 Å². The van der Waals surface area contributed by atoms with Gasteiger partial charge in [0.25, 0.3) is 5.56 Å². The topological polar surface area (TPSA) is 121 Å². The molecule has 0 aliphatic rings. The first-order valence-electron chi connectivity index (χ1n) is 12.2. The summed E-state index contributed by atoms with van der Waals surface area (Å²) in [6, 6.07) is 10.9. The Hall–Kier alpha value is -4.59. The normalized spacial score (nSPS) is 11.3. The molecule has 0 fully saturated rings. The van der Waals surface area contributed by atoms with E-state index in [9.17, 15) is 32.3 Å². The summed E-state index contributed by atoms with van der Waals surface area (Å²) < 4.78 is 51.4. The van der Waals surface area contributed by atoms with Gasteiger partial charge in [-0.15, -0.1) is 11.3 Å². The lowest BCUT2D eigenvalue weighted by Crippen LogP contribution is -2.44. The molecular weight excluding hydrogens is 565 g/mol. The Labute approximate surface area is 234 Å². The van der Waals surface area contributed by atoms with Gasteiger partial charge < -0.3 is 20.1 Å². The number of nitrogens with one attached hydrogen (secondary N) is 2. The van der Waals surface area contributed by atoms with Crippen molar-refractivity contribution in [1.82, 2.24) is 14.5 Å². The Bertz CT molecular complexity index is 1710. The zero-order chi connectivity index (χ0) is 29.7. The third-order valence-electron chi connectivity index (χ3n) is 6.10. The number of rotatable bonds is 10. The molecule has 0 atom stereocenters. The van der Waals surface area contributed by atoms with Crippen LogP contribution in [0.4, 0.5) is 18.9 Å². The van der Waals surface area contributed by atoms with Gasteiger partial charge in [-0.3, -0.25) is 19.0 Å². The SMILES string of the molecule is COc1ccc(CCNC(=O)Cn2c(=O)c3sccc3n(CC(=O)Nc3cccc(C(F)(F)F)c3)c2=O)cc1OC. The minimum absolute atomic E-state index is 0.110. The van der Waals surface area contributed by atoms with Crippen molar-refractivity contribution in [1.29, 1.82) is 0 Å². The van der Waals surface area contributed by atoms with Crippen LogP contribution < -0.4 is 31.4 Å². The summed E-state index contributed by atoms with van der Waals surface area (Å²) in [5.41, 5.74) is -1.62. The van der Waals surface area contributed by atoms with Crippen molar-refractivity contribution in [2.75, 3.05) is 26.1 Å². The summed E-state index contributed by atoms with van der Waals surface area (Å²) in [5, 5.41) is 6.56. The molecule has 2 amide bonds. The molecule has 0 unspecified atom stereocenters. The fourth-order valence-corrected chi connectivity index (χ4v) is 4.97. The third-order valence-corrected chi connectivity index (χ3v) is 6.99. The second kappa shape index (κ2) is 12.3. The lowest BCUT2D eigenvalue weighted by Gasteiger charge is -2.13. The highest BCUT2D eigenvalue weighted by molar-refractivity contribution is 7.17. The fourth-order valence-electron chi connectivity index (χ4n) is 4.12. The summed E-state index contributed by atoms with van der Waals surface area (Å²) in [6.45, 7) is -0.978. The number of hydrogen-bond acceptors (Lipinski definition) is 7. The second-order valence-electron chi connectivity index (χ2n) is 8.81. The zero-order valence-corrected chi connectivity index (χ0v) is 22.7. The maximum absolute atomic E-state index is 13.2. The van der Waals surface area contributed by atoms with Crippen LogP contribution in [-0.2, 0) is 35.3 Å². The lowest BCUT2D eigenvalue weighted by molar-refractivity contribution is -0.137. The number of hydrogen-bond donors (Lipinski definition) is 2. The van der Waals surface area contributed by atoms with Crippen LogP contribution in [0.15, 0.2) is 63.5 Å². The first-order chi connectivity index (χ1) is 19.5. The van der Waals surface area contributed by atoms with Gasteiger partial charge >= 0.3 is 11.9 Å². The van der Waals surface area contributed by atoms with E-state index >= 15 is 0 Å². The molecule has 2 heterocycles. The molecule has 0 aliphatic carbocycles. The summed E-state index contributed by atoms with van der Waals surface area (Å²) in [6.07, 6.45) is -4.16. The molecule has 0 spiro atoms. The molecule has 10 nitrogen and oxygen atoms in total. The minimum Gasteiger partial charge on any atom is -0.493 e. The number of thiophene rings is 1. The maximum Gasteiger partial charge on any atom is 0.416 e. The number of nitrogens with zero attached hydrogens (tertiary/aromatic N) is 2. The van der Waals surface area contributed by atoms with Crippen LogP contribution in [0.3, 0.4) is 0 Å². The van der Waals surface area contributed by atoms with Gasteiger partial charge in [0.05, 0.1) is 25.3 Å². The van der Waals surface area contributed by atoms with Crippen LogP contribution in [0.2, 0.25) is 0 Å². The largest absolute Gasteiger partial charge is 0.493 e. The van der Waals surface area contributed by atoms with Crippen molar-refractivity contribution in [3.8, 4) is 11.5 Å². The fraction of sp³-hybridized carbons (Fsp3) is 0.259. The highest BCUT2D eigenvalue weighted by Crippen LogP contribution is 2.31. The molecule has 14 heteroatoms. The van der Waals surface area contributed by atoms with E-state index in [2.05, 4.69) is 10.6 Å². The molecule has 0 bridgehead atoms. The van der Waals surface area contributed by atoms with Crippen molar-refractivity contribution in [3.05, 3.63) is 85.9 Å². The quantitative estimate of drug-likeness (QED) is 0.293. The molecule has 0 radical (unpaired) electrons. The van der Waals surface area contributed by atoms with Gasteiger partial charge in [-0.25, -0.2) is 9.36 Å². The standard InChI is InChI=1S/C27H25F3N4O6S/c1-39-20-7-6-16(12-21(20)40-2)8-10-31-22(35)14-34-25(37)24-19(9-11-41-24)33(26(34)38)15-23(36)32-18-5-3-4-17(13-18)27(28,29)30/h3-7,9,11-13H,8,10,14-15H2,1-2H3,(H,31,35)(H,32,36). The van der Waals surface area contributed by atoms with Gasteiger partial charge in [-0.2, -0.15) is 13.2 Å². The number of anilines is 1. The number of benzene rings is 2. The van der Waals surface area contributed by atoms with Gasteiger partial charge in [0, 0.05) is 12.2 Å². The van der Waals surface area contributed by atoms with E-state index in [1.54, 1.807) is 17.5 Å². The Morgan fingerprint density at radius 2 is 1.66 bits per heavy atom. The second-order valence-corrected chi connectivity index (χ2v) is 9.73. The molecule has 4 rings (SSSR count). The van der Waals surface area contributed by atoms with Gasteiger partial charge in [0.2, 0.25) is 11.8 Å². The molecule has 2 N–H and O–H groups in total. The van der Waals surface area contributed by atoms with E-state index in [0.29, 0.717) is 17.9 Å². The summed E-state index contributed by atoms with van der Waals surface area (Å²) in [5.74, 6) is -0.294. The lowest BCUT2D eigenvalue weighted by atomic mass is 10.1. The van der Waals surface area contributed by atoms with Crippen LogP contribution in [0.5, 0.6) is 11.5 Å².